The molecule has 3 N–H and O–H groups in total. The lowest BCUT2D eigenvalue weighted by molar-refractivity contribution is 0.311. The number of rotatable bonds is 7. The Kier molecular flexibility index (Phi) is 5.18. The Labute approximate surface area is 139 Å². The zero-order valence-corrected chi connectivity index (χ0v) is 13.4. The van der Waals surface area contributed by atoms with Gasteiger partial charge >= 0.3 is 0 Å². The Hall–Kier alpha value is -2.44. The third kappa shape index (κ3) is 4.28. The summed E-state index contributed by atoms with van der Waals surface area (Å²) >= 11 is 1.71. The van der Waals surface area contributed by atoms with Gasteiger partial charge in [-0.2, -0.15) is 4.98 Å². The average molecular weight is 326 g/mol. The number of hydrogen-bond donors (Lipinski definition) is 3. The maximum absolute atomic E-state index is 8.98. The van der Waals surface area contributed by atoms with Crippen LogP contribution in [0, 0.1) is 0 Å². The molecule has 2 aromatic heterocycles. The highest BCUT2D eigenvalue weighted by molar-refractivity contribution is 7.09. The van der Waals surface area contributed by atoms with Gasteiger partial charge in [-0.3, -0.25) is 0 Å². The largest absolute Gasteiger partial charge is 0.395 e. The van der Waals surface area contributed by atoms with E-state index in [9.17, 15) is 0 Å². The molecule has 0 bridgehead atoms. The lowest BCUT2D eigenvalue weighted by Crippen LogP contribution is -2.10. The molecule has 0 fully saturated rings. The molecule has 0 saturated carbocycles. The van der Waals surface area contributed by atoms with Crippen LogP contribution in [0.4, 0.5) is 11.8 Å². The fraction of sp³-hybridized carbons (Fsp3) is 0.176. The Morgan fingerprint density at radius 1 is 1.00 bits per heavy atom. The molecule has 118 valence electrons. The van der Waals surface area contributed by atoms with E-state index in [0.29, 0.717) is 12.5 Å². The summed E-state index contributed by atoms with van der Waals surface area (Å²) in [5, 5.41) is 17.4. The molecule has 23 heavy (non-hydrogen) atoms. The predicted molar refractivity (Wildman–Crippen MR) is 94.7 cm³/mol. The second kappa shape index (κ2) is 7.71. The molecule has 2 heterocycles. The zero-order chi connectivity index (χ0) is 15.9. The lowest BCUT2D eigenvalue weighted by atomic mass is 10.1. The van der Waals surface area contributed by atoms with Gasteiger partial charge in [0.05, 0.1) is 18.8 Å². The van der Waals surface area contributed by atoms with Gasteiger partial charge in [-0.05, 0) is 11.4 Å². The van der Waals surface area contributed by atoms with Gasteiger partial charge in [0.1, 0.15) is 5.82 Å². The van der Waals surface area contributed by atoms with Gasteiger partial charge in [-0.15, -0.1) is 11.3 Å². The maximum Gasteiger partial charge on any atom is 0.225 e. The van der Waals surface area contributed by atoms with Gasteiger partial charge in [0.2, 0.25) is 5.95 Å². The molecule has 0 aliphatic rings. The van der Waals surface area contributed by atoms with E-state index in [2.05, 4.69) is 32.0 Å². The quantitative estimate of drug-likeness (QED) is 0.622. The van der Waals surface area contributed by atoms with Crippen LogP contribution >= 0.6 is 11.3 Å². The molecular weight excluding hydrogens is 308 g/mol. The monoisotopic (exact) mass is 326 g/mol. The van der Waals surface area contributed by atoms with Crippen LogP contribution in [-0.4, -0.2) is 28.2 Å². The molecule has 5 nitrogen and oxygen atoms in total. The Bertz CT molecular complexity index is 732. The Balaban J connectivity index is 1.84. The van der Waals surface area contributed by atoms with Crippen molar-refractivity contribution in [2.45, 2.75) is 6.54 Å². The predicted octanol–water partition coefficient (Wildman–Crippen LogP) is 3.22. The number of aromatic nitrogens is 2. The summed E-state index contributed by atoms with van der Waals surface area (Å²) in [4.78, 5) is 10.2. The normalized spacial score (nSPS) is 10.5. The highest BCUT2D eigenvalue weighted by Gasteiger charge is 2.06. The van der Waals surface area contributed by atoms with Crippen LogP contribution in [0.5, 0.6) is 0 Å². The molecule has 3 rings (SSSR count). The van der Waals surface area contributed by atoms with Gasteiger partial charge in [-0.25, -0.2) is 4.98 Å². The van der Waals surface area contributed by atoms with Crippen LogP contribution in [0.15, 0.2) is 53.9 Å². The van der Waals surface area contributed by atoms with Crippen LogP contribution < -0.4 is 10.6 Å². The van der Waals surface area contributed by atoms with Crippen LogP contribution in [-0.2, 0) is 6.54 Å². The number of nitrogens with zero attached hydrogens (tertiary/aromatic N) is 2. The van der Waals surface area contributed by atoms with Gasteiger partial charge < -0.3 is 15.7 Å². The van der Waals surface area contributed by atoms with E-state index in [1.54, 1.807) is 11.3 Å². The maximum atomic E-state index is 8.98. The van der Waals surface area contributed by atoms with Gasteiger partial charge in [0.15, 0.2) is 0 Å². The smallest absolute Gasteiger partial charge is 0.225 e. The summed E-state index contributed by atoms with van der Waals surface area (Å²) in [5.41, 5.74) is 1.87. The van der Waals surface area contributed by atoms with E-state index < -0.39 is 0 Å². The second-order valence-corrected chi connectivity index (χ2v) is 5.94. The van der Waals surface area contributed by atoms with Crippen molar-refractivity contribution < 1.29 is 5.11 Å². The average Bonchev–Trinajstić information content (AvgIpc) is 3.12. The SMILES string of the molecule is OCCNc1nc(NCc2cccs2)cc(-c2ccccc2)n1. The molecule has 1 aromatic carbocycles. The van der Waals surface area contributed by atoms with Crippen molar-refractivity contribution in [2.24, 2.45) is 0 Å². The van der Waals surface area contributed by atoms with E-state index in [0.717, 1.165) is 23.6 Å². The second-order valence-electron chi connectivity index (χ2n) is 4.91. The molecular formula is C17H18N4OS. The number of thiophene rings is 1. The summed E-state index contributed by atoms with van der Waals surface area (Å²) in [6.45, 7) is 1.18. The Morgan fingerprint density at radius 2 is 1.87 bits per heavy atom. The first-order valence-electron chi connectivity index (χ1n) is 7.40. The van der Waals surface area contributed by atoms with E-state index in [-0.39, 0.29) is 6.61 Å². The third-order valence-corrected chi connectivity index (χ3v) is 4.09. The Morgan fingerprint density at radius 3 is 2.61 bits per heavy atom. The van der Waals surface area contributed by atoms with Crippen molar-refractivity contribution in [1.82, 2.24) is 9.97 Å². The van der Waals surface area contributed by atoms with E-state index in [1.165, 1.54) is 4.88 Å². The number of anilines is 2. The van der Waals surface area contributed by atoms with Gasteiger partial charge in [0, 0.05) is 23.1 Å². The summed E-state index contributed by atoms with van der Waals surface area (Å²) in [6, 6.07) is 16.0. The van der Waals surface area contributed by atoms with Crippen LogP contribution in [0.1, 0.15) is 4.88 Å². The molecule has 0 amide bonds. The van der Waals surface area contributed by atoms with Gasteiger partial charge in [0.25, 0.3) is 0 Å². The minimum absolute atomic E-state index is 0.0386. The summed E-state index contributed by atoms with van der Waals surface area (Å²) < 4.78 is 0. The topological polar surface area (TPSA) is 70.1 Å². The van der Waals surface area contributed by atoms with Crippen molar-refractivity contribution in [3.63, 3.8) is 0 Å². The number of hydrogen-bond acceptors (Lipinski definition) is 6. The first kappa shape index (κ1) is 15.5. The van der Waals surface area contributed by atoms with E-state index in [1.807, 2.05) is 42.5 Å². The number of aliphatic hydroxyl groups is 1. The number of aliphatic hydroxyl groups excluding tert-OH is 1. The highest BCUT2D eigenvalue weighted by Crippen LogP contribution is 2.22. The minimum Gasteiger partial charge on any atom is -0.395 e. The molecule has 6 heteroatoms. The molecule has 0 radical (unpaired) electrons. The van der Waals surface area contributed by atoms with Crippen molar-refractivity contribution >= 4 is 23.1 Å². The fourth-order valence-corrected chi connectivity index (χ4v) is 2.78. The van der Waals surface area contributed by atoms with Crippen LogP contribution in [0.3, 0.4) is 0 Å². The molecule has 0 spiro atoms. The molecule has 0 aliphatic heterocycles. The van der Waals surface area contributed by atoms with Crippen molar-refractivity contribution in [3.8, 4) is 11.3 Å². The van der Waals surface area contributed by atoms with Crippen molar-refractivity contribution in [2.75, 3.05) is 23.8 Å². The fourth-order valence-electron chi connectivity index (χ4n) is 2.13. The molecule has 0 atom stereocenters. The van der Waals surface area contributed by atoms with Crippen molar-refractivity contribution in [1.29, 1.82) is 0 Å². The standard InChI is InChI=1S/C17H18N4OS/c22-9-8-18-17-20-15(13-5-2-1-3-6-13)11-16(21-17)19-12-14-7-4-10-23-14/h1-7,10-11,22H,8-9,12H2,(H2,18,19,20,21). The first-order valence-corrected chi connectivity index (χ1v) is 8.28. The van der Waals surface area contributed by atoms with E-state index >= 15 is 0 Å². The van der Waals surface area contributed by atoms with Gasteiger partial charge in [-0.1, -0.05) is 36.4 Å². The first-order chi connectivity index (χ1) is 11.3. The highest BCUT2D eigenvalue weighted by atomic mass is 32.1. The van der Waals surface area contributed by atoms with E-state index in [4.69, 9.17) is 5.11 Å². The zero-order valence-electron chi connectivity index (χ0n) is 12.6. The molecule has 0 saturated heterocycles. The van der Waals surface area contributed by atoms with Crippen LogP contribution in [0.2, 0.25) is 0 Å². The molecule has 3 aromatic rings. The number of nitrogens with one attached hydrogen (secondary N) is 2. The van der Waals surface area contributed by atoms with Crippen LogP contribution in [0.25, 0.3) is 11.3 Å². The number of benzene rings is 1. The minimum atomic E-state index is 0.0386. The molecule has 0 unspecified atom stereocenters. The third-order valence-electron chi connectivity index (χ3n) is 3.21. The lowest BCUT2D eigenvalue weighted by Gasteiger charge is -2.10. The molecule has 0 aliphatic carbocycles. The van der Waals surface area contributed by atoms with Crippen molar-refractivity contribution in [3.05, 3.63) is 58.8 Å². The summed E-state index contributed by atoms with van der Waals surface area (Å²) in [7, 11) is 0. The summed E-state index contributed by atoms with van der Waals surface area (Å²) in [5.74, 6) is 1.27. The summed E-state index contributed by atoms with van der Waals surface area (Å²) in [6.07, 6.45) is 0.